The van der Waals surface area contributed by atoms with Gasteiger partial charge in [0.2, 0.25) is 5.92 Å². The molecule has 0 saturated heterocycles. The molecule has 1 heterocycles. The molecule has 160 valence electrons. The summed E-state index contributed by atoms with van der Waals surface area (Å²) in [6, 6.07) is 3.07. The summed E-state index contributed by atoms with van der Waals surface area (Å²) in [6.07, 6.45) is 4.00. The van der Waals surface area contributed by atoms with Crippen molar-refractivity contribution in [3.8, 4) is 0 Å². The third-order valence-electron chi connectivity index (χ3n) is 6.14. The minimum absolute atomic E-state index is 0.0151. The van der Waals surface area contributed by atoms with Gasteiger partial charge in [-0.2, -0.15) is 0 Å². The monoisotopic (exact) mass is 452 g/mol. The molecule has 1 aromatic heterocycles. The first-order chi connectivity index (χ1) is 13.3. The lowest BCUT2D eigenvalue weighted by molar-refractivity contribution is -0.0456. The van der Waals surface area contributed by atoms with Gasteiger partial charge in [-0.25, -0.2) is 8.78 Å². The average molecular weight is 453 g/mol. The summed E-state index contributed by atoms with van der Waals surface area (Å²) in [4.78, 5) is 4.05. The molecule has 2 rings (SSSR count). The van der Waals surface area contributed by atoms with E-state index in [1.807, 2.05) is 0 Å². The lowest BCUT2D eigenvalue weighted by atomic mass is 9.87. The second kappa shape index (κ2) is 10.7. The largest absolute Gasteiger partial charge is 0.409 e. The SMILES string of the molecule is CC[Si](CC)(CC)OC(CNCC1CCC(F)(F)CC1)c1c(Cl)cncc1Cl. The van der Waals surface area contributed by atoms with Crippen molar-refractivity contribution in [2.75, 3.05) is 13.1 Å². The fraction of sp³-hybridized carbons (Fsp3) is 0.750. The molecule has 3 nitrogen and oxygen atoms in total. The molecule has 1 aliphatic carbocycles. The van der Waals surface area contributed by atoms with E-state index in [0.717, 1.165) is 23.7 Å². The second-order valence-electron chi connectivity index (χ2n) is 7.82. The Labute approximate surface area is 178 Å². The second-order valence-corrected chi connectivity index (χ2v) is 13.4. The lowest BCUT2D eigenvalue weighted by Crippen LogP contribution is -2.41. The lowest BCUT2D eigenvalue weighted by Gasteiger charge is -2.35. The smallest absolute Gasteiger partial charge is 0.248 e. The van der Waals surface area contributed by atoms with E-state index >= 15 is 0 Å². The summed E-state index contributed by atoms with van der Waals surface area (Å²) in [5.41, 5.74) is 0.772. The van der Waals surface area contributed by atoms with E-state index < -0.39 is 14.2 Å². The summed E-state index contributed by atoms with van der Waals surface area (Å²) in [5, 5.41) is 4.45. The van der Waals surface area contributed by atoms with Crippen LogP contribution in [0, 0.1) is 5.92 Å². The fourth-order valence-electron chi connectivity index (χ4n) is 3.96. The Kier molecular flexibility index (Phi) is 9.14. The summed E-state index contributed by atoms with van der Waals surface area (Å²) < 4.78 is 33.5. The van der Waals surface area contributed by atoms with Gasteiger partial charge in [0.25, 0.3) is 0 Å². The van der Waals surface area contributed by atoms with Gasteiger partial charge in [-0.3, -0.25) is 4.98 Å². The van der Waals surface area contributed by atoms with E-state index in [4.69, 9.17) is 27.6 Å². The molecule has 0 radical (unpaired) electrons. The summed E-state index contributed by atoms with van der Waals surface area (Å²) in [5.74, 6) is -2.22. The summed E-state index contributed by atoms with van der Waals surface area (Å²) in [6.45, 7) is 7.81. The first-order valence-corrected chi connectivity index (χ1v) is 13.6. The number of rotatable bonds is 10. The predicted octanol–water partition coefficient (Wildman–Crippen LogP) is 6.87. The molecule has 1 saturated carbocycles. The molecule has 1 atom stereocenters. The molecule has 1 unspecified atom stereocenters. The zero-order valence-electron chi connectivity index (χ0n) is 17.0. The zero-order chi connectivity index (χ0) is 20.8. The third kappa shape index (κ3) is 6.36. The highest BCUT2D eigenvalue weighted by atomic mass is 35.5. The Bertz CT molecular complexity index is 594. The Morgan fingerprint density at radius 1 is 1.14 bits per heavy atom. The van der Waals surface area contributed by atoms with E-state index in [-0.39, 0.29) is 24.9 Å². The van der Waals surface area contributed by atoms with Gasteiger partial charge in [0, 0.05) is 37.3 Å². The Hall–Kier alpha value is -0.273. The van der Waals surface area contributed by atoms with Crippen molar-refractivity contribution in [3.63, 3.8) is 0 Å². The van der Waals surface area contributed by atoms with Gasteiger partial charge >= 0.3 is 0 Å². The van der Waals surface area contributed by atoms with Gasteiger partial charge in [-0.05, 0) is 43.4 Å². The molecule has 1 N–H and O–H groups in total. The molecule has 0 aliphatic heterocycles. The highest BCUT2D eigenvalue weighted by molar-refractivity contribution is 6.73. The van der Waals surface area contributed by atoms with Crippen molar-refractivity contribution in [2.24, 2.45) is 5.92 Å². The molecule has 1 aliphatic rings. The van der Waals surface area contributed by atoms with E-state index in [2.05, 4.69) is 31.1 Å². The van der Waals surface area contributed by atoms with Gasteiger partial charge in [-0.1, -0.05) is 44.0 Å². The van der Waals surface area contributed by atoms with Crippen molar-refractivity contribution < 1.29 is 13.2 Å². The predicted molar refractivity (Wildman–Crippen MR) is 115 cm³/mol. The summed E-state index contributed by atoms with van der Waals surface area (Å²) in [7, 11) is -1.89. The normalized spacial score (nSPS) is 19.0. The van der Waals surface area contributed by atoms with Crippen molar-refractivity contribution in [1.29, 1.82) is 0 Å². The van der Waals surface area contributed by atoms with Crippen LogP contribution in [-0.4, -0.2) is 32.3 Å². The number of hydrogen-bond donors (Lipinski definition) is 1. The molecule has 8 heteroatoms. The van der Waals surface area contributed by atoms with Gasteiger partial charge in [0.15, 0.2) is 8.32 Å². The molecule has 0 aromatic carbocycles. The van der Waals surface area contributed by atoms with Crippen LogP contribution in [0.1, 0.15) is 58.1 Å². The number of alkyl halides is 2. The van der Waals surface area contributed by atoms with E-state index in [0.29, 0.717) is 36.0 Å². The standard InChI is InChI=1S/C20H32Cl2F2N2OSi/c1-4-28(5-2,6-3)27-18(19-16(21)12-26-13-17(19)22)14-25-11-15-7-9-20(23,24)10-8-15/h12-13,15,18,25H,4-11,14H2,1-3H3. The molecule has 0 spiro atoms. The van der Waals surface area contributed by atoms with E-state index in [1.165, 1.54) is 0 Å². The number of halogens is 4. The number of pyridine rings is 1. The quantitative estimate of drug-likeness (QED) is 0.393. The van der Waals surface area contributed by atoms with Crippen molar-refractivity contribution in [1.82, 2.24) is 10.3 Å². The molecule has 1 fully saturated rings. The minimum Gasteiger partial charge on any atom is -0.409 e. The molecule has 0 amide bonds. The van der Waals surface area contributed by atoms with Crippen LogP contribution in [0.4, 0.5) is 8.78 Å². The highest BCUT2D eigenvalue weighted by Crippen LogP contribution is 2.37. The Balaban J connectivity index is 2.08. The maximum Gasteiger partial charge on any atom is 0.248 e. The number of hydrogen-bond acceptors (Lipinski definition) is 3. The Morgan fingerprint density at radius 3 is 2.18 bits per heavy atom. The molecule has 1 aromatic rings. The average Bonchev–Trinajstić information content (AvgIpc) is 2.67. The van der Waals surface area contributed by atoms with Crippen molar-refractivity contribution in [3.05, 3.63) is 28.0 Å². The maximum atomic E-state index is 13.4. The Morgan fingerprint density at radius 2 is 1.68 bits per heavy atom. The van der Waals surface area contributed by atoms with Crippen LogP contribution in [-0.2, 0) is 4.43 Å². The van der Waals surface area contributed by atoms with Crippen LogP contribution in [0.15, 0.2) is 12.4 Å². The van der Waals surface area contributed by atoms with E-state index in [9.17, 15) is 8.78 Å². The third-order valence-corrected chi connectivity index (χ3v) is 11.4. The summed E-state index contributed by atoms with van der Waals surface area (Å²) >= 11 is 12.8. The number of nitrogens with one attached hydrogen (secondary N) is 1. The van der Waals surface area contributed by atoms with Crippen LogP contribution in [0.5, 0.6) is 0 Å². The van der Waals surface area contributed by atoms with Gasteiger partial charge < -0.3 is 9.74 Å². The van der Waals surface area contributed by atoms with Crippen LogP contribution >= 0.6 is 23.2 Å². The first kappa shape index (κ1) is 24.0. The zero-order valence-corrected chi connectivity index (χ0v) is 19.6. The van der Waals surface area contributed by atoms with Crippen LogP contribution in [0.3, 0.4) is 0 Å². The number of nitrogens with zero attached hydrogens (tertiary/aromatic N) is 1. The van der Waals surface area contributed by atoms with Crippen molar-refractivity contribution in [2.45, 2.75) is 76.6 Å². The molecule has 0 bridgehead atoms. The van der Waals surface area contributed by atoms with Gasteiger partial charge in [-0.15, -0.1) is 0 Å². The van der Waals surface area contributed by atoms with Crippen LogP contribution in [0.2, 0.25) is 28.2 Å². The van der Waals surface area contributed by atoms with E-state index in [1.54, 1.807) is 12.4 Å². The van der Waals surface area contributed by atoms with Crippen LogP contribution in [0.25, 0.3) is 0 Å². The highest BCUT2D eigenvalue weighted by Gasteiger charge is 2.36. The van der Waals surface area contributed by atoms with Gasteiger partial charge in [0.05, 0.1) is 16.1 Å². The number of aromatic nitrogens is 1. The molecular formula is C20H32Cl2F2N2OSi. The first-order valence-electron chi connectivity index (χ1n) is 10.3. The topological polar surface area (TPSA) is 34.1 Å². The minimum atomic E-state index is -2.49. The van der Waals surface area contributed by atoms with Crippen molar-refractivity contribution >= 4 is 31.5 Å². The molecule has 28 heavy (non-hydrogen) atoms. The molecular weight excluding hydrogens is 421 g/mol. The maximum absolute atomic E-state index is 13.4. The fourth-order valence-corrected chi connectivity index (χ4v) is 7.37. The van der Waals surface area contributed by atoms with Crippen LogP contribution < -0.4 is 5.32 Å². The van der Waals surface area contributed by atoms with Gasteiger partial charge in [0.1, 0.15) is 0 Å².